The summed E-state index contributed by atoms with van der Waals surface area (Å²) in [6, 6.07) is 5.48. The third-order valence-corrected chi connectivity index (χ3v) is 8.03. The van der Waals surface area contributed by atoms with Gasteiger partial charge < -0.3 is 5.11 Å². The fourth-order valence-electron chi connectivity index (χ4n) is 6.59. The molecule has 4 rings (SSSR count). The molecule has 3 aliphatic carbocycles. The van der Waals surface area contributed by atoms with Crippen molar-refractivity contribution >= 4 is 20.6 Å². The number of phenols is 1. The van der Waals surface area contributed by atoms with Crippen LogP contribution in [0.4, 0.5) is 13.2 Å². The van der Waals surface area contributed by atoms with Gasteiger partial charge in [0.05, 0.1) is 0 Å². The van der Waals surface area contributed by atoms with Crippen molar-refractivity contribution in [3.63, 3.8) is 0 Å². The zero-order valence-corrected chi connectivity index (χ0v) is 18.0. The monoisotopic (exact) mass is 470 g/mol. The van der Waals surface area contributed by atoms with E-state index in [-0.39, 0.29) is 39.7 Å². The Morgan fingerprint density at radius 1 is 1.31 bits per heavy atom. The molecule has 158 valence electrons. The van der Waals surface area contributed by atoms with Crippen molar-refractivity contribution in [2.24, 2.45) is 23.2 Å². The Bertz CT molecular complexity index is 847. The number of carbonyl (C=O) groups is 1. The Morgan fingerprint density at radius 2 is 2.07 bits per heavy atom. The zero-order chi connectivity index (χ0) is 21.0. The third-order valence-electron chi connectivity index (χ3n) is 7.64. The number of carbonyl (C=O) groups excluding carboxylic acids is 1. The number of phenolic OH excluding ortho intramolecular Hbond substituents is 1. The van der Waals surface area contributed by atoms with Crippen molar-refractivity contribution in [1.82, 2.24) is 0 Å². The summed E-state index contributed by atoms with van der Waals surface area (Å²) in [6.45, 7) is 1.81. The zero-order valence-electron chi connectivity index (χ0n) is 16.4. The lowest BCUT2D eigenvalue weighted by atomic mass is 9.52. The minimum Gasteiger partial charge on any atom is -0.508 e. The molecule has 0 bridgehead atoms. The Balaban J connectivity index is 1.68. The number of aryl methyl sites for hydroxylation is 1. The first-order valence-electron chi connectivity index (χ1n) is 10.4. The van der Waals surface area contributed by atoms with Crippen LogP contribution < -0.4 is 0 Å². The number of benzene rings is 1. The van der Waals surface area contributed by atoms with Gasteiger partial charge >= 0.3 is 6.18 Å². The molecule has 0 saturated heterocycles. The minimum atomic E-state index is -4.31. The Kier molecular flexibility index (Phi) is 5.37. The molecule has 0 unspecified atom stereocenters. The molecule has 6 heteroatoms. The van der Waals surface area contributed by atoms with Crippen molar-refractivity contribution in [2.75, 3.05) is 0 Å². The van der Waals surface area contributed by atoms with E-state index in [1.807, 2.05) is 19.1 Å². The van der Waals surface area contributed by atoms with E-state index in [2.05, 4.69) is 15.9 Å². The third kappa shape index (κ3) is 3.66. The van der Waals surface area contributed by atoms with Crippen LogP contribution in [-0.4, -0.2) is 16.0 Å². The number of fused-ring (bicyclic) bond motifs is 5. The van der Waals surface area contributed by atoms with E-state index in [1.54, 1.807) is 6.07 Å². The summed E-state index contributed by atoms with van der Waals surface area (Å²) in [4.78, 5) is 11.3. The van der Waals surface area contributed by atoms with E-state index in [0.29, 0.717) is 25.7 Å². The molecule has 5 atom stereocenters. The molecule has 0 aromatic heterocycles. The number of alkyl halides is 3. The van der Waals surface area contributed by atoms with Gasteiger partial charge in [0, 0.05) is 17.4 Å². The van der Waals surface area contributed by atoms with Gasteiger partial charge in [-0.15, -0.1) is 0 Å². The quantitative estimate of drug-likeness (QED) is 0.394. The van der Waals surface area contributed by atoms with Crippen LogP contribution in [0, 0.1) is 23.2 Å². The van der Waals surface area contributed by atoms with Crippen molar-refractivity contribution < 1.29 is 23.1 Å². The van der Waals surface area contributed by atoms with Gasteiger partial charge in [0.1, 0.15) is 5.75 Å². The first-order valence-corrected chi connectivity index (χ1v) is 11.2. The van der Waals surface area contributed by atoms with Crippen molar-refractivity contribution in [3.05, 3.63) is 41.0 Å². The van der Waals surface area contributed by atoms with E-state index in [0.717, 1.165) is 24.8 Å². The molecule has 0 heterocycles. The maximum Gasteiger partial charge on any atom is 0.412 e. The molecule has 0 amide bonds. The molecule has 1 aromatic carbocycles. The topological polar surface area (TPSA) is 37.3 Å². The maximum absolute atomic E-state index is 14.0. The smallest absolute Gasteiger partial charge is 0.412 e. The van der Waals surface area contributed by atoms with Crippen LogP contribution in [-0.2, 0) is 11.2 Å². The molecule has 2 nitrogen and oxygen atoms in total. The summed E-state index contributed by atoms with van der Waals surface area (Å²) in [7, 11) is 0. The average molecular weight is 471 g/mol. The lowest BCUT2D eigenvalue weighted by Crippen LogP contribution is -2.45. The van der Waals surface area contributed by atoms with E-state index >= 15 is 0 Å². The molecular weight excluding hydrogens is 445 g/mol. The van der Waals surface area contributed by atoms with Gasteiger partial charge in [0.2, 0.25) is 0 Å². The van der Waals surface area contributed by atoms with E-state index in [9.17, 15) is 23.1 Å². The highest BCUT2D eigenvalue weighted by Crippen LogP contribution is 2.65. The second-order valence-electron chi connectivity index (χ2n) is 9.16. The van der Waals surface area contributed by atoms with Crippen molar-refractivity contribution in [1.29, 1.82) is 0 Å². The number of aromatic hydroxyl groups is 1. The second kappa shape index (κ2) is 7.44. The van der Waals surface area contributed by atoms with Crippen molar-refractivity contribution in [2.45, 2.75) is 64.0 Å². The van der Waals surface area contributed by atoms with Gasteiger partial charge in [-0.1, -0.05) is 19.1 Å². The van der Waals surface area contributed by atoms with Crippen LogP contribution in [0.5, 0.6) is 5.75 Å². The normalized spacial score (nSPS) is 33.5. The maximum atomic E-state index is 14.0. The van der Waals surface area contributed by atoms with Crippen molar-refractivity contribution in [3.8, 4) is 5.75 Å². The fourth-order valence-corrected chi connectivity index (χ4v) is 6.87. The van der Waals surface area contributed by atoms with Crippen LogP contribution >= 0.6 is 15.9 Å². The fraction of sp³-hybridized carbons (Fsp3) is 0.609. The highest BCUT2D eigenvalue weighted by molar-refractivity contribution is 9.18. The molecular formula is C23H26BrF3O2. The van der Waals surface area contributed by atoms with Crippen LogP contribution in [0.25, 0.3) is 0 Å². The first kappa shape index (κ1) is 21.0. The highest BCUT2D eigenvalue weighted by atomic mass is 79.9. The SMILES string of the molecule is C[C@]12CC[C@@H]3c4ccc(O)cc4CC[C@H]3[C@@H]1[C@H](CCCC(=O)Br)C=C2C(F)(F)F. The molecule has 1 fully saturated rings. The number of halogens is 4. The van der Waals surface area contributed by atoms with Crippen LogP contribution in [0.15, 0.2) is 29.8 Å². The number of allylic oxidation sites excluding steroid dienone is 2. The summed E-state index contributed by atoms with van der Waals surface area (Å²) in [5.74, 6) is 0.507. The molecule has 1 N–H and O–H groups in total. The van der Waals surface area contributed by atoms with Gasteiger partial charge in [-0.3, -0.25) is 4.79 Å². The van der Waals surface area contributed by atoms with Crippen LogP contribution in [0.1, 0.15) is 62.5 Å². The largest absolute Gasteiger partial charge is 0.508 e. The Labute approximate surface area is 177 Å². The number of hydrogen-bond donors (Lipinski definition) is 1. The van der Waals surface area contributed by atoms with Gasteiger partial charge in [-0.25, -0.2) is 0 Å². The predicted molar refractivity (Wildman–Crippen MR) is 109 cm³/mol. The summed E-state index contributed by atoms with van der Waals surface area (Å²) in [6.07, 6.45) is 1.68. The summed E-state index contributed by atoms with van der Waals surface area (Å²) in [5, 5.41) is 9.82. The summed E-state index contributed by atoms with van der Waals surface area (Å²) >= 11 is 2.93. The lowest BCUT2D eigenvalue weighted by Gasteiger charge is -2.52. The standard InChI is InChI=1S/C23H26BrF3O2/c1-22-10-9-17-16-8-6-15(28)11-13(16)5-7-18(17)21(22)14(3-2-4-20(24)29)12-19(22)23(25,26)27/h6,8,11-12,14,17-18,21,28H,2-5,7,9-10H2,1H3/t14-,17-,18-,21+,22-/m1/s1. The van der Waals surface area contributed by atoms with Gasteiger partial charge in [0.15, 0.2) is 4.69 Å². The van der Waals surface area contributed by atoms with E-state index in [1.165, 1.54) is 11.6 Å². The molecule has 0 spiro atoms. The minimum absolute atomic E-state index is 0.0507. The number of hydrogen-bond acceptors (Lipinski definition) is 2. The predicted octanol–water partition coefficient (Wildman–Crippen LogP) is 6.66. The molecule has 3 aliphatic rings. The molecule has 0 aliphatic heterocycles. The van der Waals surface area contributed by atoms with Gasteiger partial charge in [0.25, 0.3) is 0 Å². The molecule has 1 aromatic rings. The lowest BCUT2D eigenvalue weighted by molar-refractivity contribution is -0.115. The molecule has 0 radical (unpaired) electrons. The highest BCUT2D eigenvalue weighted by Gasteiger charge is 2.60. The van der Waals surface area contributed by atoms with Crippen LogP contribution in [0.3, 0.4) is 0 Å². The Morgan fingerprint density at radius 3 is 2.76 bits per heavy atom. The summed E-state index contributed by atoms with van der Waals surface area (Å²) in [5.41, 5.74) is 1.14. The van der Waals surface area contributed by atoms with Gasteiger partial charge in [-0.2, -0.15) is 13.2 Å². The van der Waals surface area contributed by atoms with E-state index in [4.69, 9.17) is 0 Å². The first-order chi connectivity index (χ1) is 13.6. The molecule has 29 heavy (non-hydrogen) atoms. The average Bonchev–Trinajstić information content (AvgIpc) is 2.94. The second-order valence-corrected chi connectivity index (χ2v) is 10.0. The Hall–Kier alpha value is -1.30. The van der Waals surface area contributed by atoms with Crippen LogP contribution in [0.2, 0.25) is 0 Å². The van der Waals surface area contributed by atoms with Gasteiger partial charge in [-0.05, 0) is 101 Å². The summed E-state index contributed by atoms with van der Waals surface area (Å²) < 4.78 is 41.8. The number of rotatable bonds is 4. The van der Waals surface area contributed by atoms with E-state index < -0.39 is 11.6 Å². The molecule has 1 saturated carbocycles.